The number of halogens is 1. The van der Waals surface area contributed by atoms with Crippen molar-refractivity contribution in [3.05, 3.63) is 87.1 Å². The molecular weight excluding hydrogens is 400 g/mol. The summed E-state index contributed by atoms with van der Waals surface area (Å²) in [5, 5.41) is 3.71. The van der Waals surface area contributed by atoms with Crippen molar-refractivity contribution in [3.63, 3.8) is 0 Å². The number of hydrogen-bond donors (Lipinski definition) is 2. The van der Waals surface area contributed by atoms with Gasteiger partial charge in [-0.15, -0.1) is 11.8 Å². The van der Waals surface area contributed by atoms with Gasteiger partial charge in [-0.2, -0.15) is 0 Å². The lowest BCUT2D eigenvalue weighted by Gasteiger charge is -2.09. The lowest BCUT2D eigenvalue weighted by atomic mass is 10.0. The van der Waals surface area contributed by atoms with Crippen LogP contribution in [0.4, 0.5) is 5.69 Å². The van der Waals surface area contributed by atoms with Gasteiger partial charge >= 0.3 is 0 Å². The molecule has 1 aliphatic heterocycles. The van der Waals surface area contributed by atoms with Crippen molar-refractivity contribution in [2.45, 2.75) is 38.3 Å². The smallest absolute Gasteiger partial charge is 0.256 e. The van der Waals surface area contributed by atoms with Crippen molar-refractivity contribution in [2.24, 2.45) is 5.73 Å². The first-order valence-corrected chi connectivity index (χ1v) is 10.8. The van der Waals surface area contributed by atoms with E-state index < -0.39 is 0 Å². The number of amides is 1. The number of carbonyl (C=O) groups is 1. The van der Waals surface area contributed by atoms with Crippen LogP contribution in [-0.2, 0) is 10.5 Å². The van der Waals surface area contributed by atoms with Crippen molar-refractivity contribution >= 4 is 40.5 Å². The Morgan fingerprint density at radius 3 is 2.69 bits per heavy atom. The Labute approximate surface area is 181 Å². The summed E-state index contributed by atoms with van der Waals surface area (Å²) in [7, 11) is 0. The van der Waals surface area contributed by atoms with Gasteiger partial charge in [-0.3, -0.25) is 4.79 Å². The average molecular weight is 425 g/mol. The van der Waals surface area contributed by atoms with Crippen LogP contribution >= 0.6 is 23.4 Å². The summed E-state index contributed by atoms with van der Waals surface area (Å²) < 4.78 is 0. The number of nitrogens with two attached hydrogens (primary N) is 1. The molecule has 2 aromatic rings. The van der Waals surface area contributed by atoms with Gasteiger partial charge in [-0.1, -0.05) is 35.4 Å². The number of allylic oxidation sites excluding steroid dienone is 4. The number of carbonyl (C=O) groups excluding carboxylic acids is 1. The summed E-state index contributed by atoms with van der Waals surface area (Å²) >= 11 is 8.06. The minimum atomic E-state index is -0.127. The van der Waals surface area contributed by atoms with Gasteiger partial charge < -0.3 is 11.1 Å². The highest BCUT2D eigenvalue weighted by Crippen LogP contribution is 2.37. The number of thioether (sulfide) groups is 1. The molecule has 0 aliphatic carbocycles. The molecule has 2 aromatic carbocycles. The second-order valence-electron chi connectivity index (χ2n) is 7.10. The molecule has 1 amide bonds. The van der Waals surface area contributed by atoms with E-state index in [4.69, 9.17) is 17.3 Å². The molecule has 0 atom stereocenters. The average Bonchev–Trinajstić information content (AvgIpc) is 3.01. The Kier molecular flexibility index (Phi) is 6.56. The molecule has 0 bridgehead atoms. The van der Waals surface area contributed by atoms with E-state index in [1.165, 1.54) is 5.56 Å². The van der Waals surface area contributed by atoms with Crippen LogP contribution in [0.2, 0.25) is 5.02 Å². The molecule has 0 saturated carbocycles. The van der Waals surface area contributed by atoms with E-state index in [9.17, 15) is 4.79 Å². The van der Waals surface area contributed by atoms with Crippen LogP contribution < -0.4 is 11.1 Å². The number of anilines is 1. The SMILES string of the molecule is C/C=C(C)/C(C)=C(N)/C=C1\C(=O)Nc2ccc(SCc3c(C)cccc3Cl)cc21. The van der Waals surface area contributed by atoms with E-state index in [0.29, 0.717) is 11.3 Å². The Morgan fingerprint density at radius 1 is 1.24 bits per heavy atom. The number of benzene rings is 2. The summed E-state index contributed by atoms with van der Waals surface area (Å²) in [6, 6.07) is 12.0. The summed E-state index contributed by atoms with van der Waals surface area (Å²) in [6.45, 7) is 8.02. The van der Waals surface area contributed by atoms with Crippen LogP contribution in [-0.4, -0.2) is 5.91 Å². The quantitative estimate of drug-likeness (QED) is 0.328. The van der Waals surface area contributed by atoms with Gasteiger partial charge in [0.25, 0.3) is 5.91 Å². The monoisotopic (exact) mass is 424 g/mol. The van der Waals surface area contributed by atoms with Crippen LogP contribution in [0.15, 0.2) is 70.3 Å². The van der Waals surface area contributed by atoms with E-state index in [-0.39, 0.29) is 5.91 Å². The molecule has 0 aromatic heterocycles. The second kappa shape index (κ2) is 8.93. The van der Waals surface area contributed by atoms with Gasteiger partial charge in [-0.25, -0.2) is 0 Å². The summed E-state index contributed by atoms with van der Waals surface area (Å²) in [5.74, 6) is 0.643. The highest BCUT2D eigenvalue weighted by atomic mass is 35.5. The van der Waals surface area contributed by atoms with Crippen LogP contribution in [0.1, 0.15) is 37.5 Å². The zero-order valence-corrected chi connectivity index (χ0v) is 18.7. The predicted molar refractivity (Wildman–Crippen MR) is 125 cm³/mol. The minimum Gasteiger partial charge on any atom is -0.398 e. The third-order valence-electron chi connectivity index (χ3n) is 5.27. The fourth-order valence-corrected chi connectivity index (χ4v) is 4.54. The Hall–Kier alpha value is -2.43. The summed E-state index contributed by atoms with van der Waals surface area (Å²) in [5.41, 5.74) is 13.5. The second-order valence-corrected chi connectivity index (χ2v) is 8.55. The van der Waals surface area contributed by atoms with Crippen LogP contribution in [0.25, 0.3) is 5.57 Å². The fourth-order valence-electron chi connectivity index (χ4n) is 3.11. The Balaban J connectivity index is 1.90. The van der Waals surface area contributed by atoms with E-state index in [1.54, 1.807) is 17.8 Å². The van der Waals surface area contributed by atoms with Crippen molar-refractivity contribution in [1.29, 1.82) is 0 Å². The molecule has 0 spiro atoms. The highest BCUT2D eigenvalue weighted by molar-refractivity contribution is 7.98. The lowest BCUT2D eigenvalue weighted by Crippen LogP contribution is -2.06. The van der Waals surface area contributed by atoms with E-state index in [2.05, 4.69) is 18.3 Å². The number of fused-ring (bicyclic) bond motifs is 1. The molecule has 0 saturated heterocycles. The van der Waals surface area contributed by atoms with Gasteiger partial charge in [0.2, 0.25) is 0 Å². The number of rotatable bonds is 5. The lowest BCUT2D eigenvalue weighted by molar-refractivity contribution is -0.110. The van der Waals surface area contributed by atoms with Crippen LogP contribution in [0.5, 0.6) is 0 Å². The molecule has 3 nitrogen and oxygen atoms in total. The van der Waals surface area contributed by atoms with Crippen LogP contribution in [0, 0.1) is 6.92 Å². The maximum Gasteiger partial charge on any atom is 0.256 e. The maximum atomic E-state index is 12.5. The molecule has 150 valence electrons. The summed E-state index contributed by atoms with van der Waals surface area (Å²) in [6.07, 6.45) is 3.78. The third-order valence-corrected chi connectivity index (χ3v) is 6.64. The number of aryl methyl sites for hydroxylation is 1. The Bertz CT molecular complexity index is 1050. The zero-order valence-electron chi connectivity index (χ0n) is 17.1. The van der Waals surface area contributed by atoms with Crippen molar-refractivity contribution in [2.75, 3.05) is 5.32 Å². The molecule has 29 heavy (non-hydrogen) atoms. The zero-order chi connectivity index (χ0) is 21.1. The predicted octanol–water partition coefficient (Wildman–Crippen LogP) is 6.48. The topological polar surface area (TPSA) is 55.1 Å². The molecule has 3 N–H and O–H groups in total. The van der Waals surface area contributed by atoms with E-state index in [0.717, 1.165) is 43.6 Å². The first kappa shape index (κ1) is 21.3. The van der Waals surface area contributed by atoms with E-state index in [1.807, 2.05) is 57.2 Å². The highest BCUT2D eigenvalue weighted by Gasteiger charge is 2.24. The number of hydrogen-bond acceptors (Lipinski definition) is 3. The molecule has 0 fully saturated rings. The van der Waals surface area contributed by atoms with Gasteiger partial charge in [-0.05, 0) is 74.7 Å². The van der Waals surface area contributed by atoms with Gasteiger partial charge in [0.15, 0.2) is 0 Å². The van der Waals surface area contributed by atoms with Crippen molar-refractivity contribution in [1.82, 2.24) is 0 Å². The standard InChI is InChI=1S/C24H25ClN2OS/c1-5-14(2)16(4)22(26)12-19-18-11-17(9-10-23(18)27-24(19)28)29-13-20-15(3)7-6-8-21(20)25/h5-12H,13,26H2,1-4H3,(H,27,28)/b14-5+,19-12-,22-16-. The summed E-state index contributed by atoms with van der Waals surface area (Å²) in [4.78, 5) is 13.6. The van der Waals surface area contributed by atoms with Gasteiger partial charge in [0.1, 0.15) is 0 Å². The van der Waals surface area contributed by atoms with Gasteiger partial charge in [0.05, 0.1) is 5.57 Å². The van der Waals surface area contributed by atoms with E-state index >= 15 is 0 Å². The fraction of sp³-hybridized carbons (Fsp3) is 0.208. The molecular formula is C24H25ClN2OS. The molecule has 3 rings (SSSR count). The number of nitrogens with one attached hydrogen (secondary N) is 1. The largest absolute Gasteiger partial charge is 0.398 e. The molecule has 5 heteroatoms. The van der Waals surface area contributed by atoms with Crippen molar-refractivity contribution < 1.29 is 4.79 Å². The first-order valence-electron chi connectivity index (χ1n) is 9.45. The molecule has 0 radical (unpaired) electrons. The van der Waals surface area contributed by atoms with Gasteiger partial charge in [0, 0.05) is 32.6 Å². The normalized spacial score (nSPS) is 16.0. The first-order chi connectivity index (χ1) is 13.8. The molecule has 0 unspecified atom stereocenters. The van der Waals surface area contributed by atoms with Crippen LogP contribution in [0.3, 0.4) is 0 Å². The van der Waals surface area contributed by atoms with Crippen molar-refractivity contribution in [3.8, 4) is 0 Å². The molecule has 1 heterocycles. The molecule has 1 aliphatic rings. The Morgan fingerprint density at radius 2 is 2.00 bits per heavy atom. The maximum absolute atomic E-state index is 12.5. The third kappa shape index (κ3) is 4.60. The minimum absolute atomic E-state index is 0.127.